The number of rotatable bonds is 6. The van der Waals surface area contributed by atoms with E-state index in [1.165, 1.54) is 44.2 Å². The molecular formula is C21H25F3N2O2. The second kappa shape index (κ2) is 11.5. The fourth-order valence-corrected chi connectivity index (χ4v) is 3.13. The minimum Gasteiger partial charge on any atom is -0.476 e. The Bertz CT molecular complexity index is 730. The normalized spacial score (nSPS) is 14.3. The van der Waals surface area contributed by atoms with Gasteiger partial charge in [0, 0.05) is 6.04 Å². The standard InChI is InChI=1S/C20H23FN2O.CH2F2O/c1-22-19-13-16(15-7-10-17(21)11-8-15)9-12-20(19)24-14-23-18-5-3-2-4-6-18;2-1(3)4/h7-13,18,23H,1-6,14H2;1,4H. The van der Waals surface area contributed by atoms with Crippen LogP contribution in [0.1, 0.15) is 32.1 Å². The molecule has 3 rings (SSSR count). The molecule has 0 radical (unpaired) electrons. The lowest BCUT2D eigenvalue weighted by atomic mass is 9.96. The Morgan fingerprint density at radius 1 is 1.07 bits per heavy atom. The molecule has 1 saturated carbocycles. The predicted molar refractivity (Wildman–Crippen MR) is 105 cm³/mol. The molecule has 2 aromatic carbocycles. The van der Waals surface area contributed by atoms with Crippen LogP contribution in [0.4, 0.5) is 18.9 Å². The molecule has 0 unspecified atom stereocenters. The molecule has 0 atom stereocenters. The summed E-state index contributed by atoms with van der Waals surface area (Å²) in [4.78, 5) is 4.06. The Morgan fingerprint density at radius 2 is 1.68 bits per heavy atom. The smallest absolute Gasteiger partial charge is 0.342 e. The Kier molecular flexibility index (Phi) is 8.97. The van der Waals surface area contributed by atoms with Crippen molar-refractivity contribution in [2.75, 3.05) is 6.73 Å². The number of alkyl halides is 2. The van der Waals surface area contributed by atoms with E-state index in [0.717, 1.165) is 11.1 Å². The predicted octanol–water partition coefficient (Wildman–Crippen LogP) is 5.28. The minimum absolute atomic E-state index is 0.241. The van der Waals surface area contributed by atoms with Crippen molar-refractivity contribution in [2.45, 2.75) is 44.8 Å². The van der Waals surface area contributed by atoms with Gasteiger partial charge in [-0.15, -0.1) is 0 Å². The Hall–Kier alpha value is -2.38. The molecule has 0 aromatic heterocycles. The molecule has 7 heteroatoms. The minimum atomic E-state index is -3.17. The maximum Gasteiger partial charge on any atom is 0.342 e. The number of hydrogen-bond acceptors (Lipinski definition) is 4. The van der Waals surface area contributed by atoms with Gasteiger partial charge in [-0.05, 0) is 55.0 Å². The molecule has 1 aliphatic carbocycles. The molecule has 0 spiro atoms. The van der Waals surface area contributed by atoms with Crippen LogP contribution in [0, 0.1) is 5.82 Å². The average Bonchev–Trinajstić information content (AvgIpc) is 2.69. The van der Waals surface area contributed by atoms with Crippen molar-refractivity contribution < 1.29 is 23.0 Å². The first-order valence-electron chi connectivity index (χ1n) is 9.18. The van der Waals surface area contributed by atoms with E-state index in [-0.39, 0.29) is 5.82 Å². The summed E-state index contributed by atoms with van der Waals surface area (Å²) < 4.78 is 38.7. The van der Waals surface area contributed by atoms with Gasteiger partial charge in [0.2, 0.25) is 0 Å². The van der Waals surface area contributed by atoms with Gasteiger partial charge in [0.15, 0.2) is 0 Å². The van der Waals surface area contributed by atoms with E-state index in [9.17, 15) is 13.2 Å². The van der Waals surface area contributed by atoms with Crippen molar-refractivity contribution in [2.24, 2.45) is 4.99 Å². The molecule has 1 fully saturated rings. The first kappa shape index (κ1) is 21.9. The van der Waals surface area contributed by atoms with Crippen LogP contribution >= 0.6 is 0 Å². The van der Waals surface area contributed by atoms with Crippen molar-refractivity contribution in [3.63, 3.8) is 0 Å². The quantitative estimate of drug-likeness (QED) is 0.517. The second-order valence-corrected chi connectivity index (χ2v) is 6.45. The summed E-state index contributed by atoms with van der Waals surface area (Å²) in [5, 5.41) is 10.2. The Morgan fingerprint density at radius 3 is 2.29 bits per heavy atom. The van der Waals surface area contributed by atoms with E-state index in [1.54, 1.807) is 12.1 Å². The molecule has 0 aliphatic heterocycles. The molecule has 0 heterocycles. The van der Waals surface area contributed by atoms with E-state index < -0.39 is 6.61 Å². The van der Waals surface area contributed by atoms with Gasteiger partial charge in [-0.25, -0.2) is 4.39 Å². The number of hydrogen-bond donors (Lipinski definition) is 2. The fraction of sp³-hybridized carbons (Fsp3) is 0.381. The van der Waals surface area contributed by atoms with Crippen LogP contribution in [0.15, 0.2) is 47.5 Å². The van der Waals surface area contributed by atoms with Crippen LogP contribution in [0.2, 0.25) is 0 Å². The van der Waals surface area contributed by atoms with Crippen molar-refractivity contribution in [3.05, 3.63) is 48.3 Å². The third kappa shape index (κ3) is 7.32. The van der Waals surface area contributed by atoms with Gasteiger partial charge in [-0.2, -0.15) is 8.78 Å². The topological polar surface area (TPSA) is 53.8 Å². The van der Waals surface area contributed by atoms with Crippen LogP contribution in [0.25, 0.3) is 11.1 Å². The van der Waals surface area contributed by atoms with Crippen molar-refractivity contribution >= 4 is 12.4 Å². The zero-order valence-electron chi connectivity index (χ0n) is 15.6. The van der Waals surface area contributed by atoms with Crippen LogP contribution in [0.5, 0.6) is 5.75 Å². The molecule has 0 amide bonds. The Labute approximate surface area is 163 Å². The maximum atomic E-state index is 13.0. The Balaban J connectivity index is 0.000000640. The second-order valence-electron chi connectivity index (χ2n) is 6.45. The summed E-state index contributed by atoms with van der Waals surface area (Å²) >= 11 is 0. The van der Waals surface area contributed by atoms with Crippen LogP contribution in [0.3, 0.4) is 0 Å². The highest BCUT2D eigenvalue weighted by molar-refractivity contribution is 5.71. The van der Waals surface area contributed by atoms with Gasteiger partial charge < -0.3 is 9.84 Å². The first-order valence-corrected chi connectivity index (χ1v) is 9.18. The van der Waals surface area contributed by atoms with E-state index in [1.807, 2.05) is 18.2 Å². The van der Waals surface area contributed by atoms with Crippen molar-refractivity contribution in [3.8, 4) is 16.9 Å². The van der Waals surface area contributed by atoms with Crippen LogP contribution < -0.4 is 10.1 Å². The van der Waals surface area contributed by atoms with Crippen molar-refractivity contribution in [1.82, 2.24) is 5.32 Å². The first-order chi connectivity index (χ1) is 13.5. The summed E-state index contributed by atoms with van der Waals surface area (Å²) in [6, 6.07) is 12.7. The summed E-state index contributed by atoms with van der Waals surface area (Å²) in [6.45, 7) is 0.937. The third-order valence-electron chi connectivity index (χ3n) is 4.51. The number of benzene rings is 2. The van der Waals surface area contributed by atoms with Gasteiger partial charge in [-0.3, -0.25) is 10.3 Å². The number of nitrogens with zero attached hydrogens (tertiary/aromatic N) is 1. The number of ether oxygens (including phenoxy) is 1. The molecule has 28 heavy (non-hydrogen) atoms. The summed E-state index contributed by atoms with van der Waals surface area (Å²) in [5.41, 5.74) is 2.60. The van der Waals surface area contributed by atoms with Gasteiger partial charge >= 0.3 is 6.61 Å². The molecule has 152 valence electrons. The molecule has 0 saturated heterocycles. The zero-order valence-corrected chi connectivity index (χ0v) is 15.6. The van der Waals surface area contributed by atoms with Gasteiger partial charge in [-0.1, -0.05) is 37.5 Å². The lowest BCUT2D eigenvalue weighted by Crippen LogP contribution is -2.33. The van der Waals surface area contributed by atoms with E-state index in [2.05, 4.69) is 17.0 Å². The molecular weight excluding hydrogens is 369 g/mol. The molecule has 4 nitrogen and oxygen atoms in total. The number of aliphatic hydroxyl groups is 1. The summed E-state index contributed by atoms with van der Waals surface area (Å²) in [5.74, 6) is 0.466. The SMILES string of the molecule is C=Nc1cc(-c2ccc(F)cc2)ccc1OCNC1CCCCC1.OC(F)F. The molecule has 0 bridgehead atoms. The highest BCUT2D eigenvalue weighted by Gasteiger charge is 2.13. The number of halogens is 3. The highest BCUT2D eigenvalue weighted by atomic mass is 19.3. The highest BCUT2D eigenvalue weighted by Crippen LogP contribution is 2.32. The lowest BCUT2D eigenvalue weighted by Gasteiger charge is -2.23. The largest absolute Gasteiger partial charge is 0.476 e. The van der Waals surface area contributed by atoms with Crippen LogP contribution in [-0.4, -0.2) is 31.2 Å². The van der Waals surface area contributed by atoms with E-state index >= 15 is 0 Å². The zero-order chi connectivity index (χ0) is 20.4. The fourth-order valence-electron chi connectivity index (χ4n) is 3.13. The van der Waals surface area contributed by atoms with E-state index in [0.29, 0.717) is 24.2 Å². The third-order valence-corrected chi connectivity index (χ3v) is 4.51. The number of aliphatic hydroxyl groups excluding tert-OH is 1. The number of aliphatic imine (C=N–C) groups is 1. The van der Waals surface area contributed by atoms with Gasteiger partial charge in [0.1, 0.15) is 24.0 Å². The molecule has 2 aromatic rings. The molecule has 2 N–H and O–H groups in total. The summed E-state index contributed by atoms with van der Waals surface area (Å²) in [7, 11) is 0. The van der Waals surface area contributed by atoms with Crippen LogP contribution in [-0.2, 0) is 0 Å². The van der Waals surface area contributed by atoms with Gasteiger partial charge in [0.05, 0.1) is 0 Å². The summed E-state index contributed by atoms with van der Waals surface area (Å²) in [6.07, 6.45) is 6.38. The maximum absolute atomic E-state index is 13.0. The molecule has 1 aliphatic rings. The van der Waals surface area contributed by atoms with Crippen molar-refractivity contribution in [1.29, 1.82) is 0 Å². The monoisotopic (exact) mass is 394 g/mol. The number of nitrogens with one attached hydrogen (secondary N) is 1. The van der Waals surface area contributed by atoms with E-state index in [4.69, 9.17) is 9.84 Å². The lowest BCUT2D eigenvalue weighted by molar-refractivity contribution is -0.0728. The average molecular weight is 394 g/mol. The van der Waals surface area contributed by atoms with Gasteiger partial charge in [0.25, 0.3) is 0 Å².